The van der Waals surface area contributed by atoms with Crippen molar-refractivity contribution < 1.29 is 19.4 Å². The SMILES string of the molecule is C[C@](Cc1c[nH]c2ccccc12)(NC(=O)OC1CCCCC1Cl)C(=O)N[C@@H](CO)Cc1ccccc1. The first-order valence-corrected chi connectivity index (χ1v) is 13.0. The van der Waals surface area contributed by atoms with Crippen LogP contribution in [0.4, 0.5) is 4.79 Å². The molecule has 4 rings (SSSR count). The molecule has 3 aromatic rings. The molecule has 2 aromatic carbocycles. The van der Waals surface area contributed by atoms with Gasteiger partial charge in [0.2, 0.25) is 5.91 Å². The second kappa shape index (κ2) is 11.8. The molecule has 1 aliphatic rings. The maximum atomic E-state index is 13.7. The maximum Gasteiger partial charge on any atom is 0.408 e. The normalized spacial score (nSPS) is 20.3. The van der Waals surface area contributed by atoms with Gasteiger partial charge in [-0.1, -0.05) is 55.0 Å². The summed E-state index contributed by atoms with van der Waals surface area (Å²) in [5.41, 5.74) is 1.50. The molecule has 4 atom stereocenters. The first-order chi connectivity index (χ1) is 17.4. The van der Waals surface area contributed by atoms with Crippen molar-refractivity contribution in [2.45, 2.75) is 68.5 Å². The topological polar surface area (TPSA) is 103 Å². The van der Waals surface area contributed by atoms with Gasteiger partial charge < -0.3 is 25.5 Å². The number of aliphatic hydroxyl groups excluding tert-OH is 1. The number of amides is 2. The van der Waals surface area contributed by atoms with E-state index in [1.165, 1.54) is 0 Å². The van der Waals surface area contributed by atoms with E-state index in [1.807, 2.05) is 60.8 Å². The molecular formula is C28H34ClN3O4. The van der Waals surface area contributed by atoms with E-state index in [9.17, 15) is 14.7 Å². The number of aromatic nitrogens is 1. The third kappa shape index (κ3) is 6.39. The number of hydrogen-bond acceptors (Lipinski definition) is 4. The lowest BCUT2D eigenvalue weighted by Gasteiger charge is -2.33. The van der Waals surface area contributed by atoms with Crippen LogP contribution in [0, 0.1) is 0 Å². The first kappa shape index (κ1) is 26.0. The van der Waals surface area contributed by atoms with Gasteiger partial charge in [0.1, 0.15) is 11.6 Å². The fraction of sp³-hybridized carbons (Fsp3) is 0.429. The van der Waals surface area contributed by atoms with E-state index in [4.69, 9.17) is 16.3 Å². The molecule has 0 aliphatic heterocycles. The summed E-state index contributed by atoms with van der Waals surface area (Å²) >= 11 is 6.39. The summed E-state index contributed by atoms with van der Waals surface area (Å²) in [5, 5.41) is 16.5. The Balaban J connectivity index is 1.54. The van der Waals surface area contributed by atoms with Crippen molar-refractivity contribution in [2.24, 2.45) is 0 Å². The highest BCUT2D eigenvalue weighted by Gasteiger charge is 2.38. The maximum absolute atomic E-state index is 13.7. The monoisotopic (exact) mass is 511 g/mol. The molecule has 0 bridgehead atoms. The van der Waals surface area contributed by atoms with E-state index in [0.29, 0.717) is 12.8 Å². The summed E-state index contributed by atoms with van der Waals surface area (Å²) < 4.78 is 5.66. The van der Waals surface area contributed by atoms with E-state index in [0.717, 1.165) is 41.3 Å². The molecule has 1 heterocycles. The number of ether oxygens (including phenoxy) is 1. The molecule has 192 valence electrons. The predicted molar refractivity (Wildman–Crippen MR) is 141 cm³/mol. The van der Waals surface area contributed by atoms with Gasteiger partial charge in [-0.05, 0) is 49.8 Å². The largest absolute Gasteiger partial charge is 0.445 e. The van der Waals surface area contributed by atoms with Crippen LogP contribution in [0.1, 0.15) is 43.7 Å². The van der Waals surface area contributed by atoms with Crippen LogP contribution in [0.25, 0.3) is 10.9 Å². The highest BCUT2D eigenvalue weighted by Crippen LogP contribution is 2.27. The van der Waals surface area contributed by atoms with Gasteiger partial charge in [0.25, 0.3) is 0 Å². The Morgan fingerprint density at radius 1 is 1.14 bits per heavy atom. The number of fused-ring (bicyclic) bond motifs is 1. The molecule has 0 saturated heterocycles. The Bertz CT molecular complexity index is 1170. The van der Waals surface area contributed by atoms with Crippen LogP contribution in [0.5, 0.6) is 0 Å². The predicted octanol–water partition coefficient (Wildman–Crippen LogP) is 4.47. The molecule has 1 fully saturated rings. The van der Waals surface area contributed by atoms with Gasteiger partial charge in [0.15, 0.2) is 0 Å². The van der Waals surface area contributed by atoms with Crippen LogP contribution >= 0.6 is 11.6 Å². The van der Waals surface area contributed by atoms with Crippen LogP contribution < -0.4 is 10.6 Å². The number of aliphatic hydroxyl groups is 1. The number of alkyl carbamates (subject to hydrolysis) is 1. The average Bonchev–Trinajstić information content (AvgIpc) is 3.28. The van der Waals surface area contributed by atoms with E-state index in [-0.39, 0.29) is 24.5 Å². The van der Waals surface area contributed by atoms with Crippen LogP contribution in [0.15, 0.2) is 60.8 Å². The summed E-state index contributed by atoms with van der Waals surface area (Å²) in [7, 11) is 0. The van der Waals surface area contributed by atoms with Crippen molar-refractivity contribution in [3.63, 3.8) is 0 Å². The Labute approximate surface area is 216 Å². The number of nitrogens with one attached hydrogen (secondary N) is 3. The van der Waals surface area contributed by atoms with E-state index in [1.54, 1.807) is 6.92 Å². The van der Waals surface area contributed by atoms with Gasteiger partial charge in [-0.2, -0.15) is 0 Å². The zero-order chi connectivity index (χ0) is 25.5. The zero-order valence-electron chi connectivity index (χ0n) is 20.5. The standard InChI is InChI=1S/C28H34ClN3O4/c1-28(16-20-17-30-24-13-7-5-11-22(20)24,32-27(35)36-25-14-8-6-12-23(25)29)26(34)31-21(18-33)15-19-9-3-2-4-10-19/h2-5,7,9-11,13,17,21,23,25,30,33H,6,8,12,14-16,18H2,1H3,(H,31,34)(H,32,35)/t21-,23?,25?,28-/m1/s1. The summed E-state index contributed by atoms with van der Waals surface area (Å²) in [6.07, 6.45) is 4.96. The number of rotatable bonds is 9. The molecule has 1 aromatic heterocycles. The van der Waals surface area contributed by atoms with Crippen molar-refractivity contribution in [1.29, 1.82) is 0 Å². The number of para-hydroxylation sites is 1. The number of hydrogen-bond donors (Lipinski definition) is 4. The van der Waals surface area contributed by atoms with Gasteiger partial charge in [-0.3, -0.25) is 4.79 Å². The third-order valence-corrected chi connectivity index (χ3v) is 7.36. The molecule has 2 unspecified atom stereocenters. The quantitative estimate of drug-likeness (QED) is 0.318. The van der Waals surface area contributed by atoms with Crippen molar-refractivity contribution in [1.82, 2.24) is 15.6 Å². The van der Waals surface area contributed by atoms with Crippen LogP contribution in [0.2, 0.25) is 0 Å². The highest BCUT2D eigenvalue weighted by molar-refractivity contribution is 6.21. The Morgan fingerprint density at radius 3 is 2.61 bits per heavy atom. The molecule has 36 heavy (non-hydrogen) atoms. The molecule has 1 aliphatic carbocycles. The van der Waals surface area contributed by atoms with Crippen molar-refractivity contribution in [3.8, 4) is 0 Å². The lowest BCUT2D eigenvalue weighted by atomic mass is 9.91. The smallest absolute Gasteiger partial charge is 0.408 e. The fourth-order valence-corrected chi connectivity index (χ4v) is 5.15. The molecule has 0 spiro atoms. The van der Waals surface area contributed by atoms with E-state index in [2.05, 4.69) is 15.6 Å². The van der Waals surface area contributed by atoms with Crippen molar-refractivity contribution in [3.05, 3.63) is 71.9 Å². The van der Waals surface area contributed by atoms with Gasteiger partial charge in [-0.25, -0.2) is 4.79 Å². The third-order valence-electron chi connectivity index (χ3n) is 6.86. The number of benzene rings is 2. The van der Waals surface area contributed by atoms with Crippen LogP contribution in [-0.2, 0) is 22.4 Å². The minimum atomic E-state index is -1.33. The lowest BCUT2D eigenvalue weighted by Crippen LogP contribution is -2.61. The molecule has 4 N–H and O–H groups in total. The number of H-pyrrole nitrogens is 1. The minimum absolute atomic E-state index is 0.232. The van der Waals surface area contributed by atoms with Crippen LogP contribution in [-0.4, -0.2) is 51.8 Å². The Morgan fingerprint density at radius 2 is 1.86 bits per heavy atom. The summed E-state index contributed by atoms with van der Waals surface area (Å²) in [6.45, 7) is 1.45. The molecule has 0 radical (unpaired) electrons. The number of aromatic amines is 1. The Hall–Kier alpha value is -3.03. The van der Waals surface area contributed by atoms with Gasteiger partial charge >= 0.3 is 6.09 Å². The average molecular weight is 512 g/mol. The number of carbonyl (C=O) groups excluding carboxylic acids is 2. The fourth-order valence-electron chi connectivity index (χ4n) is 4.82. The van der Waals surface area contributed by atoms with Crippen molar-refractivity contribution >= 4 is 34.5 Å². The summed E-state index contributed by atoms with van der Waals surface area (Å²) in [6, 6.07) is 16.9. The second-order valence-electron chi connectivity index (χ2n) is 9.78. The molecule has 8 heteroatoms. The van der Waals surface area contributed by atoms with E-state index < -0.39 is 23.6 Å². The van der Waals surface area contributed by atoms with Gasteiger partial charge in [-0.15, -0.1) is 11.6 Å². The molecule has 1 saturated carbocycles. The van der Waals surface area contributed by atoms with Crippen LogP contribution in [0.3, 0.4) is 0 Å². The molecule has 7 nitrogen and oxygen atoms in total. The van der Waals surface area contributed by atoms with Gasteiger partial charge in [0.05, 0.1) is 18.0 Å². The first-order valence-electron chi connectivity index (χ1n) is 12.5. The number of carbonyl (C=O) groups is 2. The second-order valence-corrected chi connectivity index (χ2v) is 10.3. The lowest BCUT2D eigenvalue weighted by molar-refractivity contribution is -0.128. The van der Waals surface area contributed by atoms with Crippen molar-refractivity contribution in [2.75, 3.05) is 6.61 Å². The Kier molecular flexibility index (Phi) is 8.54. The molecular weight excluding hydrogens is 478 g/mol. The highest BCUT2D eigenvalue weighted by atomic mass is 35.5. The number of alkyl halides is 1. The van der Waals surface area contributed by atoms with E-state index >= 15 is 0 Å². The summed E-state index contributed by atoms with van der Waals surface area (Å²) in [4.78, 5) is 29.9. The number of halogens is 1. The zero-order valence-corrected chi connectivity index (χ0v) is 21.3. The van der Waals surface area contributed by atoms with Gasteiger partial charge in [0, 0.05) is 23.5 Å². The summed E-state index contributed by atoms with van der Waals surface area (Å²) in [5.74, 6) is -0.397. The minimum Gasteiger partial charge on any atom is -0.445 e. The molecule has 2 amide bonds.